The zero-order valence-corrected chi connectivity index (χ0v) is 13.1. The number of aromatic nitrogens is 2. The summed E-state index contributed by atoms with van der Waals surface area (Å²) in [5.41, 5.74) is 0.724. The van der Waals surface area contributed by atoms with E-state index in [1.165, 1.54) is 6.07 Å². The maximum Gasteiger partial charge on any atom is 0.321 e. The van der Waals surface area contributed by atoms with Crippen LogP contribution in [0.3, 0.4) is 0 Å². The van der Waals surface area contributed by atoms with Crippen LogP contribution in [0.15, 0.2) is 23.1 Å². The molecule has 114 valence electrons. The maximum absolute atomic E-state index is 12.4. The topological polar surface area (TPSA) is 109 Å². The number of rotatable bonds is 6. The van der Waals surface area contributed by atoms with Crippen LogP contribution in [0, 0.1) is 5.92 Å². The van der Waals surface area contributed by atoms with Crippen molar-refractivity contribution in [1.29, 1.82) is 0 Å². The van der Waals surface area contributed by atoms with E-state index in [0.717, 1.165) is 11.7 Å². The Balaban J connectivity index is 2.37. The van der Waals surface area contributed by atoms with Crippen LogP contribution < -0.4 is 4.72 Å². The highest BCUT2D eigenvalue weighted by Crippen LogP contribution is 2.21. The van der Waals surface area contributed by atoms with Gasteiger partial charge < -0.3 is 5.11 Å². The van der Waals surface area contributed by atoms with Gasteiger partial charge in [0.05, 0.1) is 11.7 Å². The predicted molar refractivity (Wildman–Crippen MR) is 78.6 cm³/mol. The smallest absolute Gasteiger partial charge is 0.321 e. The van der Waals surface area contributed by atoms with Crippen LogP contribution in [0.5, 0.6) is 0 Å². The Kier molecular flexibility index (Phi) is 4.55. The van der Waals surface area contributed by atoms with Crippen molar-refractivity contribution in [2.45, 2.75) is 31.2 Å². The van der Waals surface area contributed by atoms with Crippen molar-refractivity contribution in [3.63, 3.8) is 0 Å². The summed E-state index contributed by atoms with van der Waals surface area (Å²) in [7, 11) is -3.97. The molecule has 1 heterocycles. The molecule has 0 spiro atoms. The highest BCUT2D eigenvalue weighted by molar-refractivity contribution is 7.89. The molecule has 0 aliphatic carbocycles. The second kappa shape index (κ2) is 6.04. The number of benzene rings is 1. The van der Waals surface area contributed by atoms with Gasteiger partial charge in [-0.3, -0.25) is 4.79 Å². The van der Waals surface area contributed by atoms with Crippen molar-refractivity contribution < 1.29 is 18.3 Å². The molecule has 9 heteroatoms. The lowest BCUT2D eigenvalue weighted by Crippen LogP contribution is -2.41. The molecule has 0 saturated carbocycles. The molecule has 1 atom stereocenters. The number of carbonyl (C=O) groups is 1. The van der Waals surface area contributed by atoms with Crippen molar-refractivity contribution in [3.8, 4) is 0 Å². The molecule has 0 bridgehead atoms. The van der Waals surface area contributed by atoms with E-state index in [1.54, 1.807) is 12.1 Å². The lowest BCUT2D eigenvalue weighted by Gasteiger charge is -2.16. The molecule has 0 amide bonds. The van der Waals surface area contributed by atoms with Gasteiger partial charge in [-0.1, -0.05) is 19.9 Å². The minimum absolute atomic E-state index is 0.0468. The molecule has 2 aromatic rings. The van der Waals surface area contributed by atoms with Gasteiger partial charge in [0.25, 0.3) is 0 Å². The van der Waals surface area contributed by atoms with Crippen LogP contribution in [0.2, 0.25) is 0 Å². The number of hydrogen-bond donors (Lipinski definition) is 2. The Labute approximate surface area is 126 Å². The second-order valence-corrected chi connectivity index (χ2v) is 7.24. The lowest BCUT2D eigenvalue weighted by atomic mass is 10.1. The van der Waals surface area contributed by atoms with Gasteiger partial charge in [0.2, 0.25) is 10.0 Å². The third-order valence-corrected chi connectivity index (χ3v) is 4.89. The number of fused-ring (bicyclic) bond motifs is 1. The zero-order valence-electron chi connectivity index (χ0n) is 11.5. The van der Waals surface area contributed by atoms with Crippen LogP contribution in [0.25, 0.3) is 11.0 Å². The van der Waals surface area contributed by atoms with Gasteiger partial charge in [-0.15, -0.1) is 0 Å². The molecule has 21 heavy (non-hydrogen) atoms. The molecule has 0 unspecified atom stereocenters. The van der Waals surface area contributed by atoms with E-state index in [-0.39, 0.29) is 22.8 Å². The third kappa shape index (κ3) is 3.55. The number of carboxylic acids is 1. The first-order chi connectivity index (χ1) is 9.81. The van der Waals surface area contributed by atoms with Crippen LogP contribution in [-0.2, 0) is 14.8 Å². The van der Waals surface area contributed by atoms with E-state index < -0.39 is 22.0 Å². The first kappa shape index (κ1) is 15.8. The molecule has 0 aliphatic rings. The summed E-state index contributed by atoms with van der Waals surface area (Å²) in [6, 6.07) is 3.43. The molecule has 0 saturated heterocycles. The maximum atomic E-state index is 12.4. The molecule has 1 aromatic carbocycles. The average molecular weight is 329 g/mol. The molecular weight excluding hydrogens is 314 g/mol. The molecule has 0 fully saturated rings. The Bertz CT molecular complexity index is 755. The van der Waals surface area contributed by atoms with Crippen LogP contribution in [-0.4, -0.2) is 34.3 Å². The van der Waals surface area contributed by atoms with Crippen molar-refractivity contribution in [1.82, 2.24) is 13.5 Å². The number of sulfonamides is 1. The fourth-order valence-electron chi connectivity index (χ4n) is 1.92. The van der Waals surface area contributed by atoms with Crippen LogP contribution in [0.1, 0.15) is 20.3 Å². The normalized spacial score (nSPS) is 13.7. The minimum atomic E-state index is -3.97. The summed E-state index contributed by atoms with van der Waals surface area (Å²) >= 11 is 0.910. The highest BCUT2D eigenvalue weighted by Gasteiger charge is 2.28. The summed E-state index contributed by atoms with van der Waals surface area (Å²) in [5.74, 6) is -1.15. The van der Waals surface area contributed by atoms with E-state index in [4.69, 9.17) is 5.11 Å². The number of nitrogens with zero attached hydrogens (tertiary/aromatic N) is 2. The van der Waals surface area contributed by atoms with Gasteiger partial charge in [0, 0.05) is 0 Å². The van der Waals surface area contributed by atoms with Gasteiger partial charge in [0.1, 0.15) is 22.0 Å². The van der Waals surface area contributed by atoms with Crippen molar-refractivity contribution >= 4 is 38.8 Å². The standard InChI is InChI=1S/C12H15N3O4S2/c1-7(2)6-9(12(16)17)15-21(18,19)10-5-3-4-8-11(10)14-20-13-8/h3-5,7,9,15H,6H2,1-2H3,(H,16,17)/t9-/m1/s1. The van der Waals surface area contributed by atoms with Crippen LogP contribution >= 0.6 is 11.7 Å². The van der Waals surface area contributed by atoms with Crippen molar-refractivity contribution in [3.05, 3.63) is 18.2 Å². The predicted octanol–water partition coefficient (Wildman–Crippen LogP) is 1.47. The fraction of sp³-hybridized carbons (Fsp3) is 0.417. The number of carboxylic acid groups (broad SMARTS) is 1. The van der Waals surface area contributed by atoms with E-state index in [9.17, 15) is 13.2 Å². The summed E-state index contributed by atoms with van der Waals surface area (Å²) in [4.78, 5) is 11.2. The number of nitrogens with one attached hydrogen (secondary N) is 1. The molecule has 2 N–H and O–H groups in total. The quantitative estimate of drug-likeness (QED) is 0.830. The minimum Gasteiger partial charge on any atom is -0.480 e. The van der Waals surface area contributed by atoms with E-state index in [2.05, 4.69) is 13.5 Å². The molecular formula is C12H15N3O4S2. The van der Waals surface area contributed by atoms with E-state index in [0.29, 0.717) is 5.52 Å². The average Bonchev–Trinajstić information content (AvgIpc) is 2.84. The van der Waals surface area contributed by atoms with Gasteiger partial charge in [-0.2, -0.15) is 13.5 Å². The first-order valence-electron chi connectivity index (χ1n) is 6.27. The first-order valence-corrected chi connectivity index (χ1v) is 8.49. The van der Waals surface area contributed by atoms with Crippen molar-refractivity contribution in [2.75, 3.05) is 0 Å². The van der Waals surface area contributed by atoms with Crippen molar-refractivity contribution in [2.24, 2.45) is 5.92 Å². The summed E-state index contributed by atoms with van der Waals surface area (Å²) in [6.45, 7) is 3.66. The van der Waals surface area contributed by atoms with E-state index >= 15 is 0 Å². The molecule has 1 aromatic heterocycles. The summed E-state index contributed by atoms with van der Waals surface area (Å²) in [5, 5.41) is 9.15. The van der Waals surface area contributed by atoms with Crippen LogP contribution in [0.4, 0.5) is 0 Å². The van der Waals surface area contributed by atoms with Gasteiger partial charge >= 0.3 is 5.97 Å². The Morgan fingerprint density at radius 3 is 2.71 bits per heavy atom. The largest absolute Gasteiger partial charge is 0.480 e. The Morgan fingerprint density at radius 2 is 2.10 bits per heavy atom. The number of hydrogen-bond acceptors (Lipinski definition) is 6. The van der Waals surface area contributed by atoms with Gasteiger partial charge in [-0.25, -0.2) is 8.42 Å². The summed E-state index contributed by atoms with van der Waals surface area (Å²) in [6.07, 6.45) is 0.208. The summed E-state index contributed by atoms with van der Waals surface area (Å²) < 4.78 is 35.0. The molecule has 2 rings (SSSR count). The van der Waals surface area contributed by atoms with E-state index in [1.807, 2.05) is 13.8 Å². The molecule has 0 aliphatic heterocycles. The zero-order chi connectivity index (χ0) is 15.6. The molecule has 7 nitrogen and oxygen atoms in total. The van der Waals surface area contributed by atoms with Gasteiger partial charge in [-0.05, 0) is 24.5 Å². The monoisotopic (exact) mass is 329 g/mol. The Hall–Kier alpha value is -1.58. The third-order valence-electron chi connectivity index (χ3n) is 2.84. The number of aliphatic carboxylic acids is 1. The fourth-order valence-corrected chi connectivity index (χ4v) is 3.89. The lowest BCUT2D eigenvalue weighted by molar-refractivity contribution is -0.139. The second-order valence-electron chi connectivity index (χ2n) is 5.03. The van der Waals surface area contributed by atoms with Gasteiger partial charge in [0.15, 0.2) is 0 Å². The highest BCUT2D eigenvalue weighted by atomic mass is 32.2. The SMILES string of the molecule is CC(C)C[C@@H](NS(=O)(=O)c1cccc2nsnc12)C(=O)O. The molecule has 0 radical (unpaired) electrons. The Morgan fingerprint density at radius 1 is 1.38 bits per heavy atom.